The number of para-hydroxylation sites is 1. The fraction of sp³-hybridized carbons (Fsp3) is 0.0833. The average Bonchev–Trinajstić information content (AvgIpc) is 2.41. The van der Waals surface area contributed by atoms with Gasteiger partial charge in [0, 0.05) is 24.4 Å². The first-order valence-corrected chi connectivity index (χ1v) is 6.17. The molecule has 2 aromatic rings. The molecule has 6 nitrogen and oxygen atoms in total. The first-order chi connectivity index (χ1) is 9.13. The summed E-state index contributed by atoms with van der Waals surface area (Å²) in [6.07, 6.45) is 1.54. The standard InChI is InChI=1S/C12H10BrN3O3/c13-9-4-1-5-10(16(17)18)11(9)19-12-8(7-14)3-2-6-15-12/h1-6H,7,14H2. The van der Waals surface area contributed by atoms with Crippen LogP contribution in [-0.2, 0) is 6.54 Å². The van der Waals surface area contributed by atoms with Gasteiger partial charge in [-0.25, -0.2) is 4.98 Å². The number of halogens is 1. The van der Waals surface area contributed by atoms with Gasteiger partial charge in [0.1, 0.15) is 0 Å². The second-order valence-corrected chi connectivity index (χ2v) is 4.47. The summed E-state index contributed by atoms with van der Waals surface area (Å²) < 4.78 is 6.03. The van der Waals surface area contributed by atoms with E-state index in [-0.39, 0.29) is 23.9 Å². The first-order valence-electron chi connectivity index (χ1n) is 5.38. The Bertz CT molecular complexity index is 619. The van der Waals surface area contributed by atoms with Gasteiger partial charge in [-0.3, -0.25) is 10.1 Å². The van der Waals surface area contributed by atoms with Gasteiger partial charge in [0.2, 0.25) is 11.6 Å². The lowest BCUT2D eigenvalue weighted by atomic mass is 10.2. The van der Waals surface area contributed by atoms with Crippen LogP contribution >= 0.6 is 15.9 Å². The molecule has 0 saturated carbocycles. The quantitative estimate of drug-likeness (QED) is 0.689. The van der Waals surface area contributed by atoms with Crippen LogP contribution in [0.3, 0.4) is 0 Å². The van der Waals surface area contributed by atoms with Gasteiger partial charge in [-0.05, 0) is 28.1 Å². The first kappa shape index (κ1) is 13.4. The minimum Gasteiger partial charge on any atom is -0.430 e. The van der Waals surface area contributed by atoms with Gasteiger partial charge in [-0.1, -0.05) is 12.1 Å². The van der Waals surface area contributed by atoms with Gasteiger partial charge in [0.25, 0.3) is 0 Å². The molecule has 19 heavy (non-hydrogen) atoms. The molecule has 0 radical (unpaired) electrons. The number of nitrogens with two attached hydrogens (primary N) is 1. The molecular formula is C12H10BrN3O3. The lowest BCUT2D eigenvalue weighted by Crippen LogP contribution is -2.02. The Hall–Kier alpha value is -1.99. The van der Waals surface area contributed by atoms with Crippen molar-refractivity contribution in [3.8, 4) is 11.6 Å². The maximum Gasteiger partial charge on any atom is 0.312 e. The number of benzene rings is 1. The topological polar surface area (TPSA) is 91.3 Å². The van der Waals surface area contributed by atoms with Crippen LogP contribution in [0.1, 0.15) is 5.56 Å². The molecule has 1 heterocycles. The largest absolute Gasteiger partial charge is 0.430 e. The molecule has 0 spiro atoms. The lowest BCUT2D eigenvalue weighted by molar-refractivity contribution is -0.385. The zero-order valence-corrected chi connectivity index (χ0v) is 11.3. The van der Waals surface area contributed by atoms with Crippen molar-refractivity contribution < 1.29 is 9.66 Å². The highest BCUT2D eigenvalue weighted by molar-refractivity contribution is 9.10. The Labute approximate surface area is 117 Å². The van der Waals surface area contributed by atoms with Crippen molar-refractivity contribution in [1.82, 2.24) is 4.98 Å². The summed E-state index contributed by atoms with van der Waals surface area (Å²) in [5.74, 6) is 0.376. The van der Waals surface area contributed by atoms with E-state index in [2.05, 4.69) is 20.9 Å². The molecule has 1 aromatic heterocycles. The second-order valence-electron chi connectivity index (χ2n) is 3.62. The van der Waals surface area contributed by atoms with E-state index in [0.29, 0.717) is 10.0 Å². The summed E-state index contributed by atoms with van der Waals surface area (Å²) in [6, 6.07) is 8.07. The molecule has 2 N–H and O–H groups in total. The maximum atomic E-state index is 11.0. The normalized spacial score (nSPS) is 10.2. The smallest absolute Gasteiger partial charge is 0.312 e. The molecule has 0 aliphatic carbocycles. The molecule has 0 atom stereocenters. The SMILES string of the molecule is NCc1cccnc1Oc1c(Br)cccc1[N+](=O)[O-]. The monoisotopic (exact) mass is 323 g/mol. The molecule has 0 aliphatic heterocycles. The Morgan fingerprint density at radius 3 is 2.84 bits per heavy atom. The zero-order valence-electron chi connectivity index (χ0n) is 9.75. The lowest BCUT2D eigenvalue weighted by Gasteiger charge is -2.09. The number of nitrogens with zero attached hydrogens (tertiary/aromatic N) is 2. The fourth-order valence-electron chi connectivity index (χ4n) is 1.51. The highest BCUT2D eigenvalue weighted by atomic mass is 79.9. The van der Waals surface area contributed by atoms with Crippen LogP contribution in [0.4, 0.5) is 5.69 Å². The summed E-state index contributed by atoms with van der Waals surface area (Å²) >= 11 is 3.23. The number of nitro groups is 1. The number of hydrogen-bond acceptors (Lipinski definition) is 5. The van der Waals surface area contributed by atoms with Crippen LogP contribution in [0, 0.1) is 10.1 Å². The van der Waals surface area contributed by atoms with Gasteiger partial charge >= 0.3 is 5.69 Å². The van der Waals surface area contributed by atoms with Gasteiger partial charge < -0.3 is 10.5 Å². The van der Waals surface area contributed by atoms with Gasteiger partial charge in [0.15, 0.2) is 0 Å². The number of aromatic nitrogens is 1. The van der Waals surface area contributed by atoms with E-state index in [1.807, 2.05) is 0 Å². The van der Waals surface area contributed by atoms with Crippen LogP contribution in [0.2, 0.25) is 0 Å². The highest BCUT2D eigenvalue weighted by Gasteiger charge is 2.20. The predicted octanol–water partition coefficient (Wildman–Crippen LogP) is 3.00. The van der Waals surface area contributed by atoms with Crippen LogP contribution in [-0.4, -0.2) is 9.91 Å². The van der Waals surface area contributed by atoms with Crippen LogP contribution in [0.5, 0.6) is 11.6 Å². The zero-order chi connectivity index (χ0) is 13.8. The van der Waals surface area contributed by atoms with E-state index in [1.54, 1.807) is 24.3 Å². The third kappa shape index (κ3) is 2.88. The molecular weight excluding hydrogens is 314 g/mol. The van der Waals surface area contributed by atoms with E-state index in [0.717, 1.165) is 0 Å². The molecule has 2 rings (SSSR count). The number of hydrogen-bond donors (Lipinski definition) is 1. The van der Waals surface area contributed by atoms with Crippen molar-refractivity contribution in [2.45, 2.75) is 6.54 Å². The summed E-state index contributed by atoms with van der Waals surface area (Å²) in [6.45, 7) is 0.238. The van der Waals surface area contributed by atoms with Gasteiger partial charge in [0.05, 0.1) is 9.40 Å². The summed E-state index contributed by atoms with van der Waals surface area (Å²) in [4.78, 5) is 14.5. The minimum atomic E-state index is -0.509. The van der Waals surface area contributed by atoms with E-state index in [4.69, 9.17) is 10.5 Å². The third-order valence-corrected chi connectivity index (χ3v) is 3.04. The molecule has 1 aromatic carbocycles. The molecule has 0 saturated heterocycles. The minimum absolute atomic E-state index is 0.112. The second kappa shape index (κ2) is 5.77. The molecule has 7 heteroatoms. The van der Waals surface area contributed by atoms with Crippen molar-refractivity contribution >= 4 is 21.6 Å². The Kier molecular flexibility index (Phi) is 4.08. The van der Waals surface area contributed by atoms with Crippen LogP contribution in [0.25, 0.3) is 0 Å². The van der Waals surface area contributed by atoms with Crippen molar-refractivity contribution in [3.63, 3.8) is 0 Å². The molecule has 0 amide bonds. The summed E-state index contributed by atoms with van der Waals surface area (Å²) in [5.41, 5.74) is 6.11. The van der Waals surface area contributed by atoms with Crippen LogP contribution < -0.4 is 10.5 Å². The van der Waals surface area contributed by atoms with Crippen molar-refractivity contribution in [2.24, 2.45) is 5.73 Å². The molecule has 0 unspecified atom stereocenters. The fourth-order valence-corrected chi connectivity index (χ4v) is 1.95. The number of rotatable bonds is 4. The van der Waals surface area contributed by atoms with Crippen molar-refractivity contribution in [3.05, 3.63) is 56.7 Å². The van der Waals surface area contributed by atoms with Crippen molar-refractivity contribution in [1.29, 1.82) is 0 Å². The number of nitro benzene ring substituents is 1. The Morgan fingerprint density at radius 2 is 2.16 bits per heavy atom. The summed E-state index contributed by atoms with van der Waals surface area (Å²) in [5, 5.41) is 11.0. The van der Waals surface area contributed by atoms with Crippen LogP contribution in [0.15, 0.2) is 41.0 Å². The average molecular weight is 324 g/mol. The Morgan fingerprint density at radius 1 is 1.37 bits per heavy atom. The van der Waals surface area contributed by atoms with E-state index in [1.165, 1.54) is 12.3 Å². The number of pyridine rings is 1. The predicted molar refractivity (Wildman–Crippen MR) is 73.0 cm³/mol. The van der Waals surface area contributed by atoms with E-state index < -0.39 is 4.92 Å². The van der Waals surface area contributed by atoms with Gasteiger partial charge in [-0.15, -0.1) is 0 Å². The maximum absolute atomic E-state index is 11.0. The van der Waals surface area contributed by atoms with Gasteiger partial charge in [-0.2, -0.15) is 0 Å². The van der Waals surface area contributed by atoms with E-state index in [9.17, 15) is 10.1 Å². The number of ether oxygens (including phenoxy) is 1. The molecule has 0 bridgehead atoms. The highest BCUT2D eigenvalue weighted by Crippen LogP contribution is 2.38. The molecule has 98 valence electrons. The van der Waals surface area contributed by atoms with E-state index >= 15 is 0 Å². The molecule has 0 aliphatic rings. The summed E-state index contributed by atoms with van der Waals surface area (Å²) in [7, 11) is 0. The molecule has 0 fully saturated rings. The third-order valence-electron chi connectivity index (χ3n) is 2.41. The Balaban J connectivity index is 2.46. The van der Waals surface area contributed by atoms with Crippen molar-refractivity contribution in [2.75, 3.05) is 0 Å².